The number of anilines is 2. The quantitative estimate of drug-likeness (QED) is 0.894. The largest absolute Gasteiger partial charge is 0.326 e. The second-order valence-corrected chi connectivity index (χ2v) is 6.02. The molecule has 3 rings (SSSR count). The van der Waals surface area contributed by atoms with Gasteiger partial charge in [0.05, 0.1) is 10.7 Å². The van der Waals surface area contributed by atoms with Crippen molar-refractivity contribution in [2.45, 2.75) is 18.9 Å². The Morgan fingerprint density at radius 2 is 2.12 bits per heavy atom. The SMILES string of the molecule is Cn1ccc(NC(=O)N[C@@H]2CCCN(c3ccccc3Cl)C2=O)n1. The number of para-hydroxylation sites is 1. The van der Waals surface area contributed by atoms with Crippen LogP contribution in [0.15, 0.2) is 36.5 Å². The van der Waals surface area contributed by atoms with E-state index in [1.165, 1.54) is 0 Å². The molecule has 126 valence electrons. The van der Waals surface area contributed by atoms with Gasteiger partial charge in [0.25, 0.3) is 0 Å². The Kier molecular flexibility index (Phi) is 4.71. The summed E-state index contributed by atoms with van der Waals surface area (Å²) in [6.07, 6.45) is 3.10. The number of carbonyl (C=O) groups excluding carboxylic acids is 2. The van der Waals surface area contributed by atoms with Gasteiger partial charge in [-0.15, -0.1) is 0 Å². The third-order valence-electron chi connectivity index (χ3n) is 3.84. The van der Waals surface area contributed by atoms with Crippen molar-refractivity contribution in [3.63, 3.8) is 0 Å². The highest BCUT2D eigenvalue weighted by Crippen LogP contribution is 2.28. The molecule has 0 aliphatic carbocycles. The number of urea groups is 1. The summed E-state index contributed by atoms with van der Waals surface area (Å²) in [6, 6.07) is 7.84. The molecule has 0 bridgehead atoms. The molecule has 1 aromatic heterocycles. The topological polar surface area (TPSA) is 79.3 Å². The molecule has 1 atom stereocenters. The van der Waals surface area contributed by atoms with Crippen LogP contribution in [0.1, 0.15) is 12.8 Å². The normalized spacial score (nSPS) is 17.7. The Hall–Kier alpha value is -2.54. The predicted octanol–water partition coefficient (Wildman–Crippen LogP) is 2.39. The molecule has 1 aromatic carbocycles. The lowest BCUT2D eigenvalue weighted by Gasteiger charge is -2.33. The van der Waals surface area contributed by atoms with Crippen LogP contribution < -0.4 is 15.5 Å². The van der Waals surface area contributed by atoms with Crippen molar-refractivity contribution in [2.24, 2.45) is 7.05 Å². The number of hydrogen-bond acceptors (Lipinski definition) is 3. The molecule has 2 N–H and O–H groups in total. The summed E-state index contributed by atoms with van der Waals surface area (Å²) in [7, 11) is 1.76. The summed E-state index contributed by atoms with van der Waals surface area (Å²) in [5.74, 6) is 0.270. The Morgan fingerprint density at radius 1 is 1.33 bits per heavy atom. The maximum Gasteiger partial charge on any atom is 0.321 e. The van der Waals surface area contributed by atoms with Crippen LogP contribution in [0.2, 0.25) is 5.02 Å². The standard InChI is InChI=1S/C16H18ClN5O2/c1-21-10-8-14(20-21)19-16(24)18-12-6-4-9-22(15(12)23)13-7-3-2-5-11(13)17/h2-3,5,7-8,10,12H,4,6,9H2,1H3,(H2,18,19,20,24)/t12-/m1/s1. The molecule has 3 amide bonds. The minimum Gasteiger partial charge on any atom is -0.326 e. The molecule has 1 aliphatic rings. The second kappa shape index (κ2) is 6.92. The molecule has 1 fully saturated rings. The number of benzene rings is 1. The average Bonchev–Trinajstić information content (AvgIpc) is 2.95. The van der Waals surface area contributed by atoms with E-state index >= 15 is 0 Å². The lowest BCUT2D eigenvalue weighted by Crippen LogP contribution is -2.53. The van der Waals surface area contributed by atoms with Crippen LogP contribution in [0.3, 0.4) is 0 Å². The van der Waals surface area contributed by atoms with Crippen LogP contribution in [0, 0.1) is 0 Å². The zero-order valence-corrected chi connectivity index (χ0v) is 14.0. The zero-order valence-electron chi connectivity index (χ0n) is 13.2. The number of hydrogen-bond donors (Lipinski definition) is 2. The second-order valence-electron chi connectivity index (χ2n) is 5.61. The first-order valence-corrected chi connectivity index (χ1v) is 8.05. The van der Waals surface area contributed by atoms with E-state index in [-0.39, 0.29) is 5.91 Å². The molecule has 1 aliphatic heterocycles. The maximum absolute atomic E-state index is 12.7. The molecule has 2 heterocycles. The van der Waals surface area contributed by atoms with E-state index in [2.05, 4.69) is 15.7 Å². The molecule has 8 heteroatoms. The van der Waals surface area contributed by atoms with Crippen molar-refractivity contribution in [2.75, 3.05) is 16.8 Å². The van der Waals surface area contributed by atoms with Crippen LogP contribution in [-0.2, 0) is 11.8 Å². The van der Waals surface area contributed by atoms with E-state index in [1.807, 2.05) is 12.1 Å². The number of aryl methyl sites for hydroxylation is 1. The fourth-order valence-electron chi connectivity index (χ4n) is 2.71. The first-order chi connectivity index (χ1) is 11.5. The van der Waals surface area contributed by atoms with Crippen LogP contribution in [0.4, 0.5) is 16.3 Å². The molecular weight excluding hydrogens is 330 g/mol. The number of aromatic nitrogens is 2. The highest BCUT2D eigenvalue weighted by molar-refractivity contribution is 6.33. The van der Waals surface area contributed by atoms with Gasteiger partial charge in [-0.1, -0.05) is 23.7 Å². The Labute approximate surface area is 144 Å². The van der Waals surface area contributed by atoms with Crippen molar-refractivity contribution in [3.8, 4) is 0 Å². The van der Waals surface area contributed by atoms with Crippen LogP contribution in [0.5, 0.6) is 0 Å². The summed E-state index contributed by atoms with van der Waals surface area (Å²) >= 11 is 6.18. The zero-order chi connectivity index (χ0) is 17.1. The Bertz CT molecular complexity index is 760. The van der Waals surface area contributed by atoms with E-state index in [0.29, 0.717) is 29.5 Å². The summed E-state index contributed by atoms with van der Waals surface area (Å²) in [5, 5.41) is 9.92. The van der Waals surface area contributed by atoms with Gasteiger partial charge in [0.2, 0.25) is 5.91 Å². The van der Waals surface area contributed by atoms with Gasteiger partial charge in [-0.05, 0) is 25.0 Å². The number of amides is 3. The van der Waals surface area contributed by atoms with Crippen LogP contribution in [-0.4, -0.2) is 34.3 Å². The first-order valence-electron chi connectivity index (χ1n) is 7.67. The highest BCUT2D eigenvalue weighted by atomic mass is 35.5. The lowest BCUT2D eigenvalue weighted by atomic mass is 10.0. The van der Waals surface area contributed by atoms with E-state index in [4.69, 9.17) is 11.6 Å². The summed E-state index contributed by atoms with van der Waals surface area (Å²) in [5.41, 5.74) is 0.667. The number of rotatable bonds is 3. The van der Waals surface area contributed by atoms with Gasteiger partial charge in [-0.3, -0.25) is 14.8 Å². The third-order valence-corrected chi connectivity index (χ3v) is 4.16. The highest BCUT2D eigenvalue weighted by Gasteiger charge is 2.31. The summed E-state index contributed by atoms with van der Waals surface area (Å²) in [4.78, 5) is 26.4. The maximum atomic E-state index is 12.7. The van der Waals surface area contributed by atoms with Crippen LogP contribution >= 0.6 is 11.6 Å². The van der Waals surface area contributed by atoms with Crippen LogP contribution in [0.25, 0.3) is 0 Å². The number of piperidine rings is 1. The molecular formula is C16H18ClN5O2. The fraction of sp³-hybridized carbons (Fsp3) is 0.312. The minimum absolute atomic E-state index is 0.162. The van der Waals surface area contributed by atoms with E-state index in [1.54, 1.807) is 41.0 Å². The van der Waals surface area contributed by atoms with Crippen molar-refractivity contribution in [1.82, 2.24) is 15.1 Å². The number of halogens is 1. The molecule has 0 saturated carbocycles. The lowest BCUT2D eigenvalue weighted by molar-refractivity contribution is -0.121. The van der Waals surface area contributed by atoms with Crippen molar-refractivity contribution in [1.29, 1.82) is 0 Å². The summed E-state index contributed by atoms with van der Waals surface area (Å²) in [6.45, 7) is 0.586. The van der Waals surface area contributed by atoms with E-state index < -0.39 is 12.1 Å². The number of carbonyl (C=O) groups is 2. The smallest absolute Gasteiger partial charge is 0.321 e. The summed E-state index contributed by atoms with van der Waals surface area (Å²) < 4.78 is 1.58. The molecule has 0 radical (unpaired) electrons. The van der Waals surface area contributed by atoms with Crippen molar-refractivity contribution >= 4 is 35.0 Å². The fourth-order valence-corrected chi connectivity index (χ4v) is 2.95. The van der Waals surface area contributed by atoms with E-state index in [0.717, 1.165) is 6.42 Å². The van der Waals surface area contributed by atoms with Crippen molar-refractivity contribution in [3.05, 3.63) is 41.6 Å². The van der Waals surface area contributed by atoms with Gasteiger partial charge in [-0.25, -0.2) is 4.79 Å². The van der Waals surface area contributed by atoms with Gasteiger partial charge < -0.3 is 10.2 Å². The monoisotopic (exact) mass is 347 g/mol. The Morgan fingerprint density at radius 3 is 2.83 bits per heavy atom. The average molecular weight is 348 g/mol. The molecule has 24 heavy (non-hydrogen) atoms. The van der Waals surface area contributed by atoms with Gasteiger partial charge in [0, 0.05) is 25.9 Å². The van der Waals surface area contributed by atoms with Gasteiger partial charge >= 0.3 is 6.03 Å². The molecule has 2 aromatic rings. The third kappa shape index (κ3) is 3.51. The van der Waals surface area contributed by atoms with Gasteiger partial charge in [0.15, 0.2) is 5.82 Å². The van der Waals surface area contributed by atoms with Crippen molar-refractivity contribution < 1.29 is 9.59 Å². The minimum atomic E-state index is -0.585. The molecule has 1 saturated heterocycles. The molecule has 0 unspecified atom stereocenters. The predicted molar refractivity (Wildman–Crippen MR) is 92.2 cm³/mol. The number of nitrogens with zero attached hydrogens (tertiary/aromatic N) is 3. The van der Waals surface area contributed by atoms with Gasteiger partial charge in [-0.2, -0.15) is 5.10 Å². The van der Waals surface area contributed by atoms with E-state index in [9.17, 15) is 9.59 Å². The number of nitrogens with one attached hydrogen (secondary N) is 2. The molecule has 7 nitrogen and oxygen atoms in total. The molecule has 0 spiro atoms. The van der Waals surface area contributed by atoms with Gasteiger partial charge in [0.1, 0.15) is 6.04 Å². The first kappa shape index (κ1) is 16.3. The Balaban J connectivity index is 1.67.